The first-order valence-corrected chi connectivity index (χ1v) is 15.7. The average molecular weight is 588 g/mol. The number of hydrogen-bond acceptors (Lipinski definition) is 2. The summed E-state index contributed by atoms with van der Waals surface area (Å²) in [5.74, 6) is 0. The van der Waals surface area contributed by atoms with E-state index in [0.717, 1.165) is 44.6 Å². The molecule has 0 aliphatic heterocycles. The van der Waals surface area contributed by atoms with Gasteiger partial charge in [0.05, 0.1) is 16.8 Å². The molecule has 0 aliphatic rings. The molecule has 9 aromatic rings. The number of anilines is 3. The summed E-state index contributed by atoms with van der Waals surface area (Å²) < 4.78 is 6.40. The van der Waals surface area contributed by atoms with Crippen molar-refractivity contribution in [1.82, 2.24) is 0 Å². The van der Waals surface area contributed by atoms with E-state index in [9.17, 15) is 0 Å². The topological polar surface area (TPSA) is 16.4 Å². The first-order valence-electron chi connectivity index (χ1n) is 15.7. The predicted octanol–water partition coefficient (Wildman–Crippen LogP) is 12.7. The number of para-hydroxylation sites is 2. The molecule has 0 N–H and O–H groups in total. The molecule has 216 valence electrons. The smallest absolute Gasteiger partial charge is 0.137 e. The van der Waals surface area contributed by atoms with Gasteiger partial charge in [0.25, 0.3) is 0 Å². The van der Waals surface area contributed by atoms with E-state index in [1.807, 2.05) is 6.07 Å². The van der Waals surface area contributed by atoms with E-state index in [2.05, 4.69) is 175 Å². The Morgan fingerprint density at radius 3 is 1.63 bits per heavy atom. The van der Waals surface area contributed by atoms with E-state index in [1.54, 1.807) is 0 Å². The number of furan rings is 1. The van der Waals surface area contributed by atoms with Gasteiger partial charge >= 0.3 is 0 Å². The van der Waals surface area contributed by atoms with Crippen LogP contribution in [0.1, 0.15) is 0 Å². The van der Waals surface area contributed by atoms with Crippen LogP contribution in [0.5, 0.6) is 0 Å². The van der Waals surface area contributed by atoms with Crippen LogP contribution >= 0.6 is 0 Å². The summed E-state index contributed by atoms with van der Waals surface area (Å²) in [4.78, 5) is 2.41. The lowest BCUT2D eigenvalue weighted by molar-refractivity contribution is 0.669. The van der Waals surface area contributed by atoms with Crippen LogP contribution in [0.2, 0.25) is 0 Å². The van der Waals surface area contributed by atoms with E-state index in [4.69, 9.17) is 4.42 Å². The summed E-state index contributed by atoms with van der Waals surface area (Å²) in [6.45, 7) is 0. The molecule has 0 saturated carbocycles. The highest BCUT2D eigenvalue weighted by atomic mass is 16.3. The molecule has 0 bridgehead atoms. The minimum atomic E-state index is 0.873. The highest BCUT2D eigenvalue weighted by Gasteiger charge is 2.24. The fourth-order valence-electron chi connectivity index (χ4n) is 6.88. The lowest BCUT2D eigenvalue weighted by Gasteiger charge is -2.29. The Morgan fingerprint density at radius 1 is 0.370 bits per heavy atom. The minimum Gasteiger partial charge on any atom is -0.456 e. The van der Waals surface area contributed by atoms with Crippen molar-refractivity contribution in [3.05, 3.63) is 176 Å². The first-order chi connectivity index (χ1) is 22.8. The molecule has 0 atom stereocenters. The Hall–Kier alpha value is -6.12. The Labute approximate surface area is 267 Å². The van der Waals surface area contributed by atoms with Crippen molar-refractivity contribution in [1.29, 1.82) is 0 Å². The third-order valence-corrected chi connectivity index (χ3v) is 9.00. The van der Waals surface area contributed by atoms with E-state index < -0.39 is 0 Å². The van der Waals surface area contributed by atoms with Crippen molar-refractivity contribution in [2.75, 3.05) is 4.90 Å². The summed E-state index contributed by atoms with van der Waals surface area (Å²) in [5, 5.41) is 7.03. The van der Waals surface area contributed by atoms with Gasteiger partial charge in [-0.2, -0.15) is 0 Å². The van der Waals surface area contributed by atoms with Crippen LogP contribution in [-0.2, 0) is 0 Å². The molecular weight excluding hydrogens is 558 g/mol. The Balaban J connectivity index is 1.42. The second-order valence-corrected chi connectivity index (χ2v) is 11.7. The minimum absolute atomic E-state index is 0.873. The summed E-state index contributed by atoms with van der Waals surface area (Å²) >= 11 is 0. The van der Waals surface area contributed by atoms with Gasteiger partial charge in [-0.05, 0) is 92.8 Å². The SMILES string of the molecule is c1ccc(-c2cc3ccccc3cc2-c2cc3ccccc3cc2N(c2ccccc2)c2cccc3oc4ccccc4c23)cc1. The molecule has 46 heavy (non-hydrogen) atoms. The van der Waals surface area contributed by atoms with Crippen LogP contribution in [0, 0.1) is 0 Å². The van der Waals surface area contributed by atoms with Gasteiger partial charge in [-0.25, -0.2) is 0 Å². The van der Waals surface area contributed by atoms with Crippen molar-refractivity contribution in [2.24, 2.45) is 0 Å². The van der Waals surface area contributed by atoms with Gasteiger partial charge in [0, 0.05) is 16.6 Å². The molecule has 9 rings (SSSR count). The van der Waals surface area contributed by atoms with Crippen molar-refractivity contribution in [2.45, 2.75) is 0 Å². The largest absolute Gasteiger partial charge is 0.456 e. The third kappa shape index (κ3) is 4.35. The number of hydrogen-bond donors (Lipinski definition) is 0. The fraction of sp³-hybridized carbons (Fsp3) is 0. The summed E-state index contributed by atoms with van der Waals surface area (Å²) in [5.41, 5.74) is 9.77. The zero-order chi connectivity index (χ0) is 30.5. The molecule has 0 unspecified atom stereocenters. The predicted molar refractivity (Wildman–Crippen MR) is 194 cm³/mol. The van der Waals surface area contributed by atoms with Gasteiger partial charge in [0.1, 0.15) is 11.2 Å². The van der Waals surface area contributed by atoms with Gasteiger partial charge in [0.15, 0.2) is 0 Å². The maximum atomic E-state index is 6.40. The average Bonchev–Trinajstić information content (AvgIpc) is 3.51. The van der Waals surface area contributed by atoms with Crippen molar-refractivity contribution < 1.29 is 4.42 Å². The van der Waals surface area contributed by atoms with E-state index in [-0.39, 0.29) is 0 Å². The lowest BCUT2D eigenvalue weighted by Crippen LogP contribution is -2.12. The van der Waals surface area contributed by atoms with Gasteiger partial charge < -0.3 is 9.32 Å². The molecule has 0 radical (unpaired) electrons. The van der Waals surface area contributed by atoms with Gasteiger partial charge in [-0.15, -0.1) is 0 Å². The molecule has 2 nitrogen and oxygen atoms in total. The van der Waals surface area contributed by atoms with Crippen LogP contribution in [0.25, 0.3) is 65.7 Å². The molecule has 2 heteroatoms. The Bertz CT molecular complexity index is 2530. The molecule has 0 spiro atoms. The molecule has 1 aromatic heterocycles. The molecule has 0 fully saturated rings. The normalized spacial score (nSPS) is 11.5. The molecule has 1 heterocycles. The third-order valence-electron chi connectivity index (χ3n) is 9.00. The second-order valence-electron chi connectivity index (χ2n) is 11.7. The maximum absolute atomic E-state index is 6.40. The monoisotopic (exact) mass is 587 g/mol. The number of benzene rings is 8. The van der Waals surface area contributed by atoms with E-state index in [1.165, 1.54) is 38.2 Å². The summed E-state index contributed by atoms with van der Waals surface area (Å²) in [6, 6.07) is 62.9. The first kappa shape index (κ1) is 26.3. The van der Waals surface area contributed by atoms with Gasteiger partial charge in [-0.1, -0.05) is 121 Å². The van der Waals surface area contributed by atoms with Crippen molar-refractivity contribution in [3.63, 3.8) is 0 Å². The lowest BCUT2D eigenvalue weighted by atomic mass is 9.89. The van der Waals surface area contributed by atoms with E-state index >= 15 is 0 Å². The Kier molecular flexibility index (Phi) is 6.17. The summed E-state index contributed by atoms with van der Waals surface area (Å²) in [6.07, 6.45) is 0. The quantitative estimate of drug-likeness (QED) is 0.199. The fourth-order valence-corrected chi connectivity index (χ4v) is 6.88. The van der Waals surface area contributed by atoms with Crippen molar-refractivity contribution in [3.8, 4) is 22.3 Å². The van der Waals surface area contributed by atoms with Crippen molar-refractivity contribution >= 4 is 60.5 Å². The number of rotatable bonds is 5. The summed E-state index contributed by atoms with van der Waals surface area (Å²) in [7, 11) is 0. The van der Waals surface area contributed by atoms with Crippen LogP contribution in [0.3, 0.4) is 0 Å². The molecule has 0 saturated heterocycles. The zero-order valence-corrected chi connectivity index (χ0v) is 25.1. The van der Waals surface area contributed by atoms with E-state index in [0.29, 0.717) is 0 Å². The van der Waals surface area contributed by atoms with Gasteiger partial charge in [0.2, 0.25) is 0 Å². The number of fused-ring (bicyclic) bond motifs is 5. The van der Waals surface area contributed by atoms with Crippen LogP contribution in [0.4, 0.5) is 17.1 Å². The van der Waals surface area contributed by atoms with Gasteiger partial charge in [-0.3, -0.25) is 0 Å². The molecule has 0 amide bonds. The maximum Gasteiger partial charge on any atom is 0.137 e. The van der Waals surface area contributed by atoms with Crippen LogP contribution in [0.15, 0.2) is 180 Å². The second kappa shape index (κ2) is 10.8. The van der Waals surface area contributed by atoms with Crippen LogP contribution in [-0.4, -0.2) is 0 Å². The van der Waals surface area contributed by atoms with Crippen LogP contribution < -0.4 is 4.90 Å². The zero-order valence-electron chi connectivity index (χ0n) is 25.1. The standard InChI is InChI=1S/C44H29NO/c1-3-14-30(15-4-1)37-26-31-16-7-8-17-32(31)27-38(37)39-28-33-18-9-10-19-34(33)29-41(39)45(35-20-5-2-6-21-35)40-23-13-25-43-44(40)36-22-11-12-24-42(36)46-43/h1-29H. The molecular formula is C44H29NO. The number of nitrogens with zero attached hydrogens (tertiary/aromatic N) is 1. The highest BCUT2D eigenvalue weighted by Crippen LogP contribution is 2.49. The molecule has 0 aliphatic carbocycles. The molecule has 8 aromatic carbocycles. The highest BCUT2D eigenvalue weighted by molar-refractivity contribution is 6.14. The Morgan fingerprint density at radius 2 is 0.913 bits per heavy atom.